The molecule has 1 aliphatic carbocycles. The standard InChI is InChI=1S/C21H20ClNO2/c1-12-13(21(24)25-2)10-11-16-14-7-5-8-15(14)20(23-19(12)16)17-6-3-4-9-18(17)22/h3-7,9-11,14-15,20,23H,8H2,1-2H3/t14-,15+,20+/m0/s1. The quantitative estimate of drug-likeness (QED) is 0.591. The molecular formula is C21H20ClNO2. The molecule has 128 valence electrons. The first-order valence-corrected chi connectivity index (χ1v) is 8.89. The van der Waals surface area contributed by atoms with Gasteiger partial charge in [0.1, 0.15) is 0 Å². The third-order valence-corrected chi connectivity index (χ3v) is 5.79. The number of hydrogen-bond acceptors (Lipinski definition) is 3. The van der Waals surface area contributed by atoms with Crippen LogP contribution in [0.15, 0.2) is 48.6 Å². The van der Waals surface area contributed by atoms with Gasteiger partial charge in [0.2, 0.25) is 0 Å². The van der Waals surface area contributed by atoms with Gasteiger partial charge in [-0.3, -0.25) is 0 Å². The molecule has 0 aromatic heterocycles. The molecule has 0 saturated heterocycles. The molecule has 0 amide bonds. The average molecular weight is 354 g/mol. The molecule has 0 bridgehead atoms. The summed E-state index contributed by atoms with van der Waals surface area (Å²) in [5.74, 6) is 0.458. The first-order chi connectivity index (χ1) is 12.1. The lowest BCUT2D eigenvalue weighted by Gasteiger charge is -2.39. The largest absolute Gasteiger partial charge is 0.465 e. The molecule has 4 heteroatoms. The maximum atomic E-state index is 12.1. The molecule has 0 fully saturated rings. The molecule has 0 unspecified atom stereocenters. The van der Waals surface area contributed by atoms with Gasteiger partial charge in [-0.15, -0.1) is 0 Å². The third-order valence-electron chi connectivity index (χ3n) is 5.44. The summed E-state index contributed by atoms with van der Waals surface area (Å²) >= 11 is 6.48. The predicted octanol–water partition coefficient (Wildman–Crippen LogP) is 5.26. The van der Waals surface area contributed by atoms with Crippen molar-refractivity contribution in [3.8, 4) is 0 Å². The van der Waals surface area contributed by atoms with E-state index < -0.39 is 0 Å². The van der Waals surface area contributed by atoms with E-state index in [0.717, 1.165) is 28.3 Å². The molecule has 2 aliphatic rings. The maximum absolute atomic E-state index is 12.1. The van der Waals surface area contributed by atoms with Crippen LogP contribution in [0.3, 0.4) is 0 Å². The van der Waals surface area contributed by atoms with Crippen molar-refractivity contribution < 1.29 is 9.53 Å². The molecule has 0 saturated carbocycles. The second-order valence-electron chi connectivity index (χ2n) is 6.69. The van der Waals surface area contributed by atoms with E-state index >= 15 is 0 Å². The van der Waals surface area contributed by atoms with Crippen LogP contribution in [0.2, 0.25) is 5.02 Å². The van der Waals surface area contributed by atoms with Crippen molar-refractivity contribution in [2.45, 2.75) is 25.3 Å². The number of carbonyl (C=O) groups excluding carboxylic acids is 1. The van der Waals surface area contributed by atoms with E-state index in [4.69, 9.17) is 16.3 Å². The topological polar surface area (TPSA) is 38.3 Å². The summed E-state index contributed by atoms with van der Waals surface area (Å²) in [7, 11) is 1.41. The number of halogens is 1. The van der Waals surface area contributed by atoms with Crippen molar-refractivity contribution in [3.05, 3.63) is 75.8 Å². The Labute approximate surface area is 152 Å². The summed E-state index contributed by atoms with van der Waals surface area (Å²) in [6.07, 6.45) is 5.55. The SMILES string of the molecule is COC(=O)c1ccc2c(c1C)N[C@@H](c1ccccc1Cl)[C@@H]1CC=C[C@H]21. The summed E-state index contributed by atoms with van der Waals surface area (Å²) in [6.45, 7) is 1.97. The molecule has 0 spiro atoms. The van der Waals surface area contributed by atoms with Gasteiger partial charge in [-0.1, -0.05) is 48.0 Å². The van der Waals surface area contributed by atoms with Crippen LogP contribution in [-0.4, -0.2) is 13.1 Å². The van der Waals surface area contributed by atoms with Crippen LogP contribution in [0.5, 0.6) is 0 Å². The van der Waals surface area contributed by atoms with E-state index in [9.17, 15) is 4.79 Å². The lowest BCUT2D eigenvalue weighted by Crippen LogP contribution is -2.30. The van der Waals surface area contributed by atoms with Crippen molar-refractivity contribution in [1.82, 2.24) is 0 Å². The van der Waals surface area contributed by atoms with Crippen LogP contribution in [0.25, 0.3) is 0 Å². The van der Waals surface area contributed by atoms with Crippen LogP contribution in [0.1, 0.15) is 45.4 Å². The number of ether oxygens (including phenoxy) is 1. The van der Waals surface area contributed by atoms with Gasteiger partial charge in [-0.2, -0.15) is 0 Å². The van der Waals surface area contributed by atoms with E-state index in [-0.39, 0.29) is 12.0 Å². The van der Waals surface area contributed by atoms with Crippen molar-refractivity contribution >= 4 is 23.3 Å². The summed E-state index contributed by atoms with van der Waals surface area (Å²) in [4.78, 5) is 12.1. The van der Waals surface area contributed by atoms with Gasteiger partial charge in [0.25, 0.3) is 0 Å². The molecule has 2 aromatic carbocycles. The van der Waals surface area contributed by atoms with Crippen LogP contribution in [0.4, 0.5) is 5.69 Å². The minimum Gasteiger partial charge on any atom is -0.465 e. The Morgan fingerprint density at radius 1 is 1.20 bits per heavy atom. The normalized spacial score (nSPS) is 23.6. The van der Waals surface area contributed by atoms with E-state index in [1.54, 1.807) is 0 Å². The summed E-state index contributed by atoms with van der Waals surface area (Å²) in [6, 6.07) is 12.0. The van der Waals surface area contributed by atoms with Gasteiger partial charge in [-0.05, 0) is 48.1 Å². The van der Waals surface area contributed by atoms with Crippen LogP contribution in [-0.2, 0) is 4.74 Å². The molecule has 1 aliphatic heterocycles. The number of anilines is 1. The van der Waals surface area contributed by atoms with E-state index in [1.165, 1.54) is 12.7 Å². The average Bonchev–Trinajstić information content (AvgIpc) is 3.11. The fourth-order valence-electron chi connectivity index (χ4n) is 4.18. The van der Waals surface area contributed by atoms with Crippen molar-refractivity contribution in [1.29, 1.82) is 0 Å². The Balaban J connectivity index is 1.85. The smallest absolute Gasteiger partial charge is 0.338 e. The highest BCUT2D eigenvalue weighted by Crippen LogP contribution is 2.51. The first kappa shape index (κ1) is 16.2. The predicted molar refractivity (Wildman–Crippen MR) is 100 cm³/mol. The van der Waals surface area contributed by atoms with Gasteiger partial charge in [0.05, 0.1) is 18.7 Å². The minimum absolute atomic E-state index is 0.118. The fourth-order valence-corrected chi connectivity index (χ4v) is 4.43. The first-order valence-electron chi connectivity index (χ1n) is 8.51. The Bertz CT molecular complexity index is 874. The Kier molecular flexibility index (Phi) is 4.04. The van der Waals surface area contributed by atoms with Crippen LogP contribution >= 0.6 is 11.6 Å². The van der Waals surface area contributed by atoms with Gasteiger partial charge in [0.15, 0.2) is 0 Å². The number of methoxy groups -OCH3 is 1. The minimum atomic E-state index is -0.305. The summed E-state index contributed by atoms with van der Waals surface area (Å²) < 4.78 is 4.92. The zero-order chi connectivity index (χ0) is 17.6. The molecule has 4 rings (SSSR count). The lowest BCUT2D eigenvalue weighted by atomic mass is 9.76. The molecule has 2 aromatic rings. The number of rotatable bonds is 2. The number of nitrogens with one attached hydrogen (secondary N) is 1. The molecule has 1 heterocycles. The number of fused-ring (bicyclic) bond motifs is 3. The van der Waals surface area contributed by atoms with Crippen LogP contribution in [0, 0.1) is 12.8 Å². The molecule has 25 heavy (non-hydrogen) atoms. The summed E-state index contributed by atoms with van der Waals surface area (Å²) in [5, 5.41) is 4.45. The van der Waals surface area contributed by atoms with E-state index in [0.29, 0.717) is 17.4 Å². The van der Waals surface area contributed by atoms with Gasteiger partial charge in [0, 0.05) is 16.6 Å². The molecule has 3 atom stereocenters. The highest BCUT2D eigenvalue weighted by Gasteiger charge is 2.39. The molecule has 0 radical (unpaired) electrons. The van der Waals surface area contributed by atoms with Crippen molar-refractivity contribution in [2.24, 2.45) is 5.92 Å². The fraction of sp³-hybridized carbons (Fsp3) is 0.286. The van der Waals surface area contributed by atoms with Gasteiger partial charge < -0.3 is 10.1 Å². The Hall–Kier alpha value is -2.26. The number of allylic oxidation sites excluding steroid dienone is 2. The third kappa shape index (κ3) is 2.54. The van der Waals surface area contributed by atoms with Gasteiger partial charge >= 0.3 is 5.97 Å². The maximum Gasteiger partial charge on any atom is 0.338 e. The zero-order valence-electron chi connectivity index (χ0n) is 14.3. The lowest BCUT2D eigenvalue weighted by molar-refractivity contribution is 0.0600. The number of carbonyl (C=O) groups is 1. The Morgan fingerprint density at radius 2 is 2.00 bits per heavy atom. The second kappa shape index (κ2) is 6.23. The highest BCUT2D eigenvalue weighted by molar-refractivity contribution is 6.31. The Morgan fingerprint density at radius 3 is 2.76 bits per heavy atom. The van der Waals surface area contributed by atoms with E-state index in [2.05, 4.69) is 29.6 Å². The number of benzene rings is 2. The monoisotopic (exact) mass is 353 g/mol. The zero-order valence-corrected chi connectivity index (χ0v) is 15.0. The van der Waals surface area contributed by atoms with Gasteiger partial charge in [-0.25, -0.2) is 4.79 Å². The van der Waals surface area contributed by atoms with E-state index in [1.807, 2.05) is 31.2 Å². The van der Waals surface area contributed by atoms with Crippen molar-refractivity contribution in [3.63, 3.8) is 0 Å². The molecule has 3 nitrogen and oxygen atoms in total. The van der Waals surface area contributed by atoms with Crippen molar-refractivity contribution in [2.75, 3.05) is 12.4 Å². The second-order valence-corrected chi connectivity index (χ2v) is 7.10. The summed E-state index contributed by atoms with van der Waals surface area (Å²) in [5.41, 5.74) is 4.91. The molecule has 1 N–H and O–H groups in total. The number of hydrogen-bond donors (Lipinski definition) is 1. The highest BCUT2D eigenvalue weighted by atomic mass is 35.5. The molecular weight excluding hydrogens is 334 g/mol. The number of esters is 1. The van der Waals surface area contributed by atoms with Crippen LogP contribution < -0.4 is 5.32 Å².